The Hall–Kier alpha value is -2.64. The van der Waals surface area contributed by atoms with Gasteiger partial charge in [-0.1, -0.05) is 12.1 Å². The Morgan fingerprint density at radius 3 is 2.90 bits per heavy atom. The highest BCUT2D eigenvalue weighted by molar-refractivity contribution is 7.18. The summed E-state index contributed by atoms with van der Waals surface area (Å²) >= 11 is 1.76. The van der Waals surface area contributed by atoms with Crippen LogP contribution in [0.5, 0.6) is 11.5 Å². The van der Waals surface area contributed by atoms with Crippen LogP contribution in [-0.4, -0.2) is 37.2 Å². The van der Waals surface area contributed by atoms with Gasteiger partial charge in [-0.2, -0.15) is 0 Å². The van der Waals surface area contributed by atoms with Crippen LogP contribution in [0.1, 0.15) is 30.3 Å². The second-order valence-electron chi connectivity index (χ2n) is 7.56. The molecule has 0 saturated carbocycles. The van der Waals surface area contributed by atoms with Gasteiger partial charge in [-0.3, -0.25) is 4.79 Å². The summed E-state index contributed by atoms with van der Waals surface area (Å²) in [6, 6.07) is 14.1. The number of fused-ring (bicyclic) bond motifs is 2. The van der Waals surface area contributed by atoms with Crippen LogP contribution in [-0.2, 0) is 4.79 Å². The van der Waals surface area contributed by atoms with Crippen LogP contribution in [0.3, 0.4) is 0 Å². The zero-order chi connectivity index (χ0) is 19.6. The van der Waals surface area contributed by atoms with E-state index in [-0.39, 0.29) is 11.9 Å². The minimum absolute atomic E-state index is 0.0182. The molecule has 2 aliphatic rings. The van der Waals surface area contributed by atoms with Crippen LogP contribution < -0.4 is 19.7 Å². The number of carbonyl (C=O) groups excluding carboxylic acids is 1. The second-order valence-corrected chi connectivity index (χ2v) is 8.62. The standard InChI is InChI=1S/C22H23N3O3S/c26-21(23-15-8-9-18-19(13-15)28-12-11-27-18)14-25-10-4-3-6-17(25)22-24-16-5-1-2-7-20(16)29-22/h1-2,5,7-9,13,17H,3-4,6,10-12,14H2,(H,23,26)/p+1/t17-/m0/s1. The maximum atomic E-state index is 12.8. The first-order chi connectivity index (χ1) is 14.3. The van der Waals surface area contributed by atoms with E-state index in [9.17, 15) is 4.79 Å². The van der Waals surface area contributed by atoms with Gasteiger partial charge in [0.1, 0.15) is 19.3 Å². The van der Waals surface area contributed by atoms with E-state index in [2.05, 4.69) is 23.5 Å². The van der Waals surface area contributed by atoms with E-state index in [1.54, 1.807) is 11.3 Å². The van der Waals surface area contributed by atoms with Crippen molar-refractivity contribution in [3.63, 3.8) is 0 Å². The molecule has 0 bridgehead atoms. The van der Waals surface area contributed by atoms with Crippen molar-refractivity contribution in [3.05, 3.63) is 47.5 Å². The van der Waals surface area contributed by atoms with Gasteiger partial charge in [0.2, 0.25) is 0 Å². The van der Waals surface area contributed by atoms with E-state index < -0.39 is 0 Å². The van der Waals surface area contributed by atoms with E-state index >= 15 is 0 Å². The summed E-state index contributed by atoms with van der Waals surface area (Å²) in [5, 5.41) is 4.17. The van der Waals surface area contributed by atoms with Gasteiger partial charge in [0.25, 0.3) is 5.91 Å². The number of thiazole rings is 1. The number of ether oxygens (including phenoxy) is 2. The lowest BCUT2D eigenvalue weighted by Crippen LogP contribution is -3.14. The first kappa shape index (κ1) is 18.4. The molecule has 29 heavy (non-hydrogen) atoms. The van der Waals surface area contributed by atoms with Gasteiger partial charge >= 0.3 is 0 Å². The lowest BCUT2D eigenvalue weighted by atomic mass is 10.0. The highest BCUT2D eigenvalue weighted by Crippen LogP contribution is 2.32. The molecule has 1 aromatic heterocycles. The average Bonchev–Trinajstić information content (AvgIpc) is 3.18. The molecule has 1 saturated heterocycles. The van der Waals surface area contributed by atoms with Gasteiger partial charge < -0.3 is 19.7 Å². The third kappa shape index (κ3) is 3.93. The molecule has 0 spiro atoms. The summed E-state index contributed by atoms with van der Waals surface area (Å²) in [4.78, 5) is 18.9. The number of nitrogens with one attached hydrogen (secondary N) is 2. The summed E-state index contributed by atoms with van der Waals surface area (Å²) in [6.45, 7) is 2.53. The Labute approximate surface area is 173 Å². The number of rotatable bonds is 4. The molecule has 2 aliphatic heterocycles. The minimum atomic E-state index is 0.0182. The monoisotopic (exact) mass is 410 g/mol. The number of amides is 1. The van der Waals surface area contributed by atoms with Gasteiger partial charge in [-0.15, -0.1) is 11.3 Å². The Bertz CT molecular complexity index is 1000. The van der Waals surface area contributed by atoms with Crippen LogP contribution in [0.15, 0.2) is 42.5 Å². The first-order valence-electron chi connectivity index (χ1n) is 10.2. The number of carbonyl (C=O) groups is 1. The molecule has 3 heterocycles. The summed E-state index contributed by atoms with van der Waals surface area (Å²) in [6.07, 6.45) is 3.41. The lowest BCUT2D eigenvalue weighted by molar-refractivity contribution is -0.929. The Morgan fingerprint density at radius 1 is 1.14 bits per heavy atom. The maximum absolute atomic E-state index is 12.8. The van der Waals surface area contributed by atoms with Gasteiger partial charge in [-0.25, -0.2) is 4.98 Å². The number of anilines is 1. The number of piperidine rings is 1. The smallest absolute Gasteiger partial charge is 0.279 e. The van der Waals surface area contributed by atoms with Crippen LogP contribution in [0, 0.1) is 0 Å². The fraction of sp³-hybridized carbons (Fsp3) is 0.364. The minimum Gasteiger partial charge on any atom is -0.486 e. The van der Waals surface area contributed by atoms with Crippen molar-refractivity contribution in [2.75, 3.05) is 31.6 Å². The highest BCUT2D eigenvalue weighted by atomic mass is 32.1. The molecule has 7 heteroatoms. The van der Waals surface area contributed by atoms with E-state index in [1.807, 2.05) is 24.3 Å². The number of hydrogen-bond acceptors (Lipinski definition) is 5. The summed E-state index contributed by atoms with van der Waals surface area (Å²) in [5.74, 6) is 1.43. The van der Waals surface area contributed by atoms with Crippen molar-refractivity contribution in [1.29, 1.82) is 0 Å². The van der Waals surface area contributed by atoms with Crippen molar-refractivity contribution in [2.24, 2.45) is 0 Å². The van der Waals surface area contributed by atoms with E-state index in [0.29, 0.717) is 25.5 Å². The zero-order valence-corrected chi connectivity index (χ0v) is 17.0. The highest BCUT2D eigenvalue weighted by Gasteiger charge is 2.32. The number of nitrogens with zero attached hydrogens (tertiary/aromatic N) is 1. The quantitative estimate of drug-likeness (QED) is 0.694. The van der Waals surface area contributed by atoms with Crippen LogP contribution >= 0.6 is 11.3 Å². The topological polar surface area (TPSA) is 64.9 Å². The van der Waals surface area contributed by atoms with Gasteiger partial charge in [0.05, 0.1) is 16.8 Å². The second kappa shape index (κ2) is 8.00. The fourth-order valence-electron chi connectivity index (χ4n) is 4.16. The molecule has 1 amide bonds. The van der Waals surface area contributed by atoms with Crippen LogP contribution in [0.2, 0.25) is 0 Å². The fourth-order valence-corrected chi connectivity index (χ4v) is 5.32. The molecule has 3 aromatic rings. The molecule has 6 nitrogen and oxygen atoms in total. The van der Waals surface area contributed by atoms with Crippen LogP contribution in [0.25, 0.3) is 10.2 Å². The number of quaternary nitrogens is 1. The number of likely N-dealkylation sites (tertiary alicyclic amines) is 1. The van der Waals surface area contributed by atoms with Crippen molar-refractivity contribution < 1.29 is 19.2 Å². The molecule has 1 unspecified atom stereocenters. The zero-order valence-electron chi connectivity index (χ0n) is 16.1. The molecule has 1 fully saturated rings. The lowest BCUT2D eigenvalue weighted by Gasteiger charge is -2.30. The van der Waals surface area contributed by atoms with E-state index in [0.717, 1.165) is 41.3 Å². The molecule has 150 valence electrons. The van der Waals surface area contributed by atoms with Crippen molar-refractivity contribution in [2.45, 2.75) is 25.3 Å². The van der Waals surface area contributed by atoms with Crippen molar-refractivity contribution in [3.8, 4) is 11.5 Å². The normalized spacial score (nSPS) is 21.1. The molecular weight excluding hydrogens is 386 g/mol. The molecule has 5 rings (SSSR count). The predicted molar refractivity (Wildman–Crippen MR) is 113 cm³/mol. The Kier molecular flexibility index (Phi) is 5.08. The summed E-state index contributed by atoms with van der Waals surface area (Å²) < 4.78 is 12.4. The van der Waals surface area contributed by atoms with Gasteiger partial charge in [0, 0.05) is 18.2 Å². The molecule has 2 N–H and O–H groups in total. The van der Waals surface area contributed by atoms with E-state index in [4.69, 9.17) is 14.5 Å². The van der Waals surface area contributed by atoms with Gasteiger partial charge in [0.15, 0.2) is 23.1 Å². The SMILES string of the molecule is O=C(C[NH+]1CCCC[C@H]1c1nc2ccccc2s1)Nc1ccc2c(c1)OCCO2. The molecule has 0 radical (unpaired) electrons. The van der Waals surface area contributed by atoms with Gasteiger partial charge in [-0.05, 0) is 37.1 Å². The predicted octanol–water partition coefficient (Wildman–Crippen LogP) is 2.82. The first-order valence-corrected chi connectivity index (χ1v) is 11.0. The molecule has 0 aliphatic carbocycles. The third-order valence-corrected chi connectivity index (χ3v) is 6.71. The number of hydrogen-bond donors (Lipinski definition) is 2. The number of aromatic nitrogens is 1. The summed E-state index contributed by atoms with van der Waals surface area (Å²) in [5.41, 5.74) is 1.80. The molecule has 2 aromatic carbocycles. The maximum Gasteiger partial charge on any atom is 0.279 e. The number of para-hydroxylation sites is 1. The van der Waals surface area contributed by atoms with E-state index in [1.165, 1.54) is 16.0 Å². The van der Waals surface area contributed by atoms with Crippen LogP contribution in [0.4, 0.5) is 5.69 Å². The average molecular weight is 411 g/mol. The Balaban J connectivity index is 1.29. The molecular formula is C22H24N3O3S+. The Morgan fingerprint density at radius 2 is 2.00 bits per heavy atom. The third-order valence-electron chi connectivity index (χ3n) is 5.56. The largest absolute Gasteiger partial charge is 0.486 e. The number of benzene rings is 2. The summed E-state index contributed by atoms with van der Waals surface area (Å²) in [7, 11) is 0. The van der Waals surface area contributed by atoms with Crippen molar-refractivity contribution >= 4 is 33.1 Å². The molecule has 2 atom stereocenters. The van der Waals surface area contributed by atoms with Crippen molar-refractivity contribution in [1.82, 2.24) is 4.98 Å².